The molecule has 1 amide bonds. The molecule has 2 aromatic carbocycles. The molecule has 0 fully saturated rings. The maximum Gasteiger partial charge on any atom is 0.251 e. The molecule has 5 nitrogen and oxygen atoms in total. The van der Waals surface area contributed by atoms with Crippen LogP contribution in [0, 0.1) is 0 Å². The van der Waals surface area contributed by atoms with Crippen LogP contribution >= 0.6 is 0 Å². The first-order valence-corrected chi connectivity index (χ1v) is 7.92. The summed E-state index contributed by atoms with van der Waals surface area (Å²) in [5.41, 5.74) is 1.73. The molecule has 24 heavy (non-hydrogen) atoms. The Morgan fingerprint density at radius 3 is 2.42 bits per heavy atom. The third-order valence-electron chi connectivity index (χ3n) is 3.80. The van der Waals surface area contributed by atoms with Crippen LogP contribution in [0.4, 0.5) is 5.69 Å². The van der Waals surface area contributed by atoms with E-state index in [9.17, 15) is 4.79 Å². The van der Waals surface area contributed by atoms with Gasteiger partial charge in [-0.15, -0.1) is 0 Å². The fraction of sp³-hybridized carbons (Fsp3) is 0.316. The highest BCUT2D eigenvalue weighted by Gasteiger charge is 2.10. The summed E-state index contributed by atoms with van der Waals surface area (Å²) in [5.74, 6) is 1.05. The number of hydrogen-bond acceptors (Lipinski definition) is 4. The molecule has 128 valence electrons. The van der Waals surface area contributed by atoms with E-state index in [4.69, 9.17) is 9.47 Å². The predicted molar refractivity (Wildman–Crippen MR) is 96.2 cm³/mol. The van der Waals surface area contributed by atoms with Gasteiger partial charge in [0.2, 0.25) is 0 Å². The normalized spacial score (nSPS) is 10.1. The smallest absolute Gasteiger partial charge is 0.251 e. The zero-order valence-corrected chi connectivity index (χ0v) is 14.4. The van der Waals surface area contributed by atoms with Crippen LogP contribution in [-0.2, 0) is 0 Å². The molecule has 0 aliphatic heterocycles. The van der Waals surface area contributed by atoms with E-state index in [2.05, 4.69) is 22.3 Å². The number of amides is 1. The highest BCUT2D eigenvalue weighted by Crippen LogP contribution is 2.27. The third kappa shape index (κ3) is 4.65. The van der Waals surface area contributed by atoms with Crippen LogP contribution in [-0.4, -0.2) is 40.3 Å². The van der Waals surface area contributed by atoms with E-state index in [0.29, 0.717) is 23.6 Å². The minimum absolute atomic E-state index is 0.113. The molecule has 2 rings (SSSR count). The quantitative estimate of drug-likeness (QED) is 0.757. The minimum Gasteiger partial charge on any atom is -0.493 e. The number of carbonyl (C=O) groups excluding carboxylic acids is 1. The van der Waals surface area contributed by atoms with E-state index in [-0.39, 0.29) is 5.91 Å². The van der Waals surface area contributed by atoms with Crippen molar-refractivity contribution in [1.82, 2.24) is 5.32 Å². The standard InChI is InChI=1S/C19H24N2O3/c1-21(16-8-5-4-6-9-16)13-7-12-20-19(22)15-10-11-17(23-2)18(14-15)24-3/h4-6,8-11,14H,7,12-13H2,1-3H3,(H,20,22). The molecule has 0 heterocycles. The van der Waals surface area contributed by atoms with Crippen LogP contribution in [0.3, 0.4) is 0 Å². The van der Waals surface area contributed by atoms with Crippen molar-refractivity contribution >= 4 is 11.6 Å². The summed E-state index contributed by atoms with van der Waals surface area (Å²) < 4.78 is 10.4. The van der Waals surface area contributed by atoms with Gasteiger partial charge < -0.3 is 19.7 Å². The van der Waals surface area contributed by atoms with E-state index in [1.807, 2.05) is 25.2 Å². The summed E-state index contributed by atoms with van der Waals surface area (Å²) in [7, 11) is 5.17. The minimum atomic E-state index is -0.113. The molecule has 0 bridgehead atoms. The molecule has 0 unspecified atom stereocenters. The molecule has 0 aliphatic rings. The topological polar surface area (TPSA) is 50.8 Å². The van der Waals surface area contributed by atoms with Crippen molar-refractivity contribution in [1.29, 1.82) is 0 Å². The van der Waals surface area contributed by atoms with Crippen molar-refractivity contribution in [2.45, 2.75) is 6.42 Å². The second-order valence-electron chi connectivity index (χ2n) is 5.44. The summed E-state index contributed by atoms with van der Waals surface area (Å²) in [6.07, 6.45) is 0.865. The lowest BCUT2D eigenvalue weighted by molar-refractivity contribution is 0.0953. The van der Waals surface area contributed by atoms with Crippen molar-refractivity contribution in [2.75, 3.05) is 39.3 Å². The molecule has 0 saturated heterocycles. The van der Waals surface area contributed by atoms with Gasteiger partial charge in [0.25, 0.3) is 5.91 Å². The van der Waals surface area contributed by atoms with Gasteiger partial charge in [-0.2, -0.15) is 0 Å². The summed E-state index contributed by atoms with van der Waals surface area (Å²) in [4.78, 5) is 14.4. The number of anilines is 1. The van der Waals surface area contributed by atoms with Gasteiger partial charge in [0.05, 0.1) is 14.2 Å². The lowest BCUT2D eigenvalue weighted by Gasteiger charge is -2.19. The van der Waals surface area contributed by atoms with Crippen LogP contribution in [0.2, 0.25) is 0 Å². The average molecular weight is 328 g/mol. The van der Waals surface area contributed by atoms with Gasteiger partial charge in [0, 0.05) is 31.4 Å². The molecular formula is C19H24N2O3. The number of rotatable bonds is 8. The zero-order valence-electron chi connectivity index (χ0n) is 14.4. The first kappa shape index (κ1) is 17.7. The second-order valence-corrected chi connectivity index (χ2v) is 5.44. The van der Waals surface area contributed by atoms with Crippen LogP contribution in [0.5, 0.6) is 11.5 Å². The van der Waals surface area contributed by atoms with Gasteiger partial charge in [-0.25, -0.2) is 0 Å². The second kappa shape index (κ2) is 8.82. The summed E-state index contributed by atoms with van der Waals surface area (Å²) in [5, 5.41) is 2.93. The van der Waals surface area contributed by atoms with Crippen molar-refractivity contribution in [3.8, 4) is 11.5 Å². The van der Waals surface area contributed by atoms with Crippen LogP contribution in [0.15, 0.2) is 48.5 Å². The van der Waals surface area contributed by atoms with Crippen molar-refractivity contribution in [3.05, 3.63) is 54.1 Å². The largest absolute Gasteiger partial charge is 0.493 e. The number of nitrogens with zero attached hydrogens (tertiary/aromatic N) is 1. The predicted octanol–water partition coefficient (Wildman–Crippen LogP) is 2.96. The van der Waals surface area contributed by atoms with Crippen LogP contribution in [0.1, 0.15) is 16.8 Å². The average Bonchev–Trinajstić information content (AvgIpc) is 2.64. The number of ether oxygens (including phenoxy) is 2. The highest BCUT2D eigenvalue weighted by atomic mass is 16.5. The fourth-order valence-electron chi connectivity index (χ4n) is 2.41. The monoisotopic (exact) mass is 328 g/mol. The Kier molecular flexibility index (Phi) is 6.49. The van der Waals surface area contributed by atoms with Gasteiger partial charge in [-0.3, -0.25) is 4.79 Å². The lowest BCUT2D eigenvalue weighted by atomic mass is 10.2. The highest BCUT2D eigenvalue weighted by molar-refractivity contribution is 5.94. The zero-order chi connectivity index (χ0) is 17.4. The SMILES string of the molecule is COc1ccc(C(=O)NCCCN(C)c2ccccc2)cc1OC. The number of benzene rings is 2. The van der Waals surface area contributed by atoms with E-state index in [1.165, 1.54) is 5.69 Å². The molecule has 0 aliphatic carbocycles. The maximum atomic E-state index is 12.2. The molecule has 0 aromatic heterocycles. The van der Waals surface area contributed by atoms with Crippen LogP contribution in [0.25, 0.3) is 0 Å². The Hall–Kier alpha value is -2.69. The van der Waals surface area contributed by atoms with Gasteiger partial charge >= 0.3 is 0 Å². The van der Waals surface area contributed by atoms with E-state index in [1.54, 1.807) is 32.4 Å². The Bertz CT molecular complexity index is 659. The van der Waals surface area contributed by atoms with E-state index in [0.717, 1.165) is 13.0 Å². The number of carbonyl (C=O) groups is 1. The molecule has 1 N–H and O–H groups in total. The molecule has 0 radical (unpaired) electrons. The Balaban J connectivity index is 1.81. The molecular weight excluding hydrogens is 304 g/mol. The maximum absolute atomic E-state index is 12.2. The molecule has 5 heteroatoms. The molecule has 0 spiro atoms. The number of nitrogens with one attached hydrogen (secondary N) is 1. The molecule has 0 saturated carbocycles. The summed E-state index contributed by atoms with van der Waals surface area (Å²) >= 11 is 0. The summed E-state index contributed by atoms with van der Waals surface area (Å²) in [6, 6.07) is 15.3. The Morgan fingerprint density at radius 1 is 1.04 bits per heavy atom. The van der Waals surface area contributed by atoms with Gasteiger partial charge in [-0.1, -0.05) is 18.2 Å². The summed E-state index contributed by atoms with van der Waals surface area (Å²) in [6.45, 7) is 1.49. The molecule has 2 aromatic rings. The van der Waals surface area contributed by atoms with Crippen molar-refractivity contribution < 1.29 is 14.3 Å². The van der Waals surface area contributed by atoms with E-state index < -0.39 is 0 Å². The fourth-order valence-corrected chi connectivity index (χ4v) is 2.41. The van der Waals surface area contributed by atoms with E-state index >= 15 is 0 Å². The van der Waals surface area contributed by atoms with Gasteiger partial charge in [-0.05, 0) is 36.8 Å². The van der Waals surface area contributed by atoms with Gasteiger partial charge in [0.15, 0.2) is 11.5 Å². The number of para-hydroxylation sites is 1. The third-order valence-corrected chi connectivity index (χ3v) is 3.80. The Labute approximate surface area is 143 Å². The van der Waals surface area contributed by atoms with Crippen LogP contribution < -0.4 is 19.7 Å². The first-order valence-electron chi connectivity index (χ1n) is 7.92. The lowest BCUT2D eigenvalue weighted by Crippen LogP contribution is -2.28. The van der Waals surface area contributed by atoms with Crippen molar-refractivity contribution in [3.63, 3.8) is 0 Å². The molecule has 0 atom stereocenters. The number of methoxy groups -OCH3 is 2. The van der Waals surface area contributed by atoms with Crippen molar-refractivity contribution in [2.24, 2.45) is 0 Å². The number of hydrogen-bond donors (Lipinski definition) is 1. The van der Waals surface area contributed by atoms with Gasteiger partial charge in [0.1, 0.15) is 0 Å². The Morgan fingerprint density at radius 2 is 1.75 bits per heavy atom. The first-order chi connectivity index (χ1) is 11.7.